The van der Waals surface area contributed by atoms with Gasteiger partial charge >= 0.3 is 0 Å². The molecule has 5 nitrogen and oxygen atoms in total. The van der Waals surface area contributed by atoms with E-state index in [1.807, 2.05) is 13.8 Å². The molecule has 1 amide bonds. The van der Waals surface area contributed by atoms with E-state index in [0.717, 1.165) is 15.6 Å². The molecule has 0 bridgehead atoms. The maximum atomic E-state index is 12.3. The zero-order chi connectivity index (χ0) is 12.4. The maximum absolute atomic E-state index is 12.3. The summed E-state index contributed by atoms with van der Waals surface area (Å²) in [6, 6.07) is 0. The maximum Gasteiger partial charge on any atom is 0.266 e. The van der Waals surface area contributed by atoms with Crippen LogP contribution in [-0.4, -0.2) is 48.1 Å². The number of rotatable bonds is 2. The summed E-state index contributed by atoms with van der Waals surface area (Å²) in [5, 5.41) is 0.925. The average Bonchev–Trinajstić information content (AvgIpc) is 2.67. The third kappa shape index (κ3) is 2.65. The van der Waals surface area contributed by atoms with Crippen molar-refractivity contribution in [2.24, 2.45) is 5.73 Å². The van der Waals surface area contributed by atoms with Crippen molar-refractivity contribution in [1.82, 2.24) is 9.88 Å². The van der Waals surface area contributed by atoms with Gasteiger partial charge < -0.3 is 15.4 Å². The molecule has 1 fully saturated rings. The largest absolute Gasteiger partial charge is 0.373 e. The SMILES string of the molecule is Cc1nc(C)c(C(=O)N2CCOC(CN)C2)s1. The smallest absolute Gasteiger partial charge is 0.266 e. The number of hydrogen-bond donors (Lipinski definition) is 1. The van der Waals surface area contributed by atoms with Crippen LogP contribution in [0.1, 0.15) is 20.4 Å². The minimum absolute atomic E-state index is 0.0398. The Balaban J connectivity index is 2.12. The molecular weight excluding hydrogens is 238 g/mol. The van der Waals surface area contributed by atoms with E-state index in [2.05, 4.69) is 4.98 Å². The Hall–Kier alpha value is -0.980. The zero-order valence-corrected chi connectivity index (χ0v) is 10.9. The molecule has 1 unspecified atom stereocenters. The molecule has 1 aliphatic rings. The molecule has 2 rings (SSSR count). The lowest BCUT2D eigenvalue weighted by molar-refractivity contribution is -0.0166. The van der Waals surface area contributed by atoms with Crippen molar-refractivity contribution in [2.45, 2.75) is 20.0 Å². The second-order valence-corrected chi connectivity index (χ2v) is 5.33. The van der Waals surface area contributed by atoms with Crippen LogP contribution in [-0.2, 0) is 4.74 Å². The van der Waals surface area contributed by atoms with Gasteiger partial charge in [-0.25, -0.2) is 4.98 Å². The van der Waals surface area contributed by atoms with Crippen molar-refractivity contribution < 1.29 is 9.53 Å². The van der Waals surface area contributed by atoms with Gasteiger partial charge in [0.2, 0.25) is 0 Å². The first-order chi connectivity index (χ1) is 8.11. The first-order valence-corrected chi connectivity index (χ1v) is 6.48. The lowest BCUT2D eigenvalue weighted by Crippen LogP contribution is -2.48. The van der Waals surface area contributed by atoms with Gasteiger partial charge in [0.1, 0.15) is 4.88 Å². The number of aryl methyl sites for hydroxylation is 2. The Morgan fingerprint density at radius 1 is 1.65 bits per heavy atom. The van der Waals surface area contributed by atoms with Crippen LogP contribution in [0.4, 0.5) is 0 Å². The van der Waals surface area contributed by atoms with Gasteiger partial charge in [0.05, 0.1) is 23.4 Å². The van der Waals surface area contributed by atoms with E-state index in [0.29, 0.717) is 26.2 Å². The molecule has 0 radical (unpaired) electrons. The lowest BCUT2D eigenvalue weighted by atomic mass is 10.2. The predicted molar refractivity (Wildman–Crippen MR) is 66.3 cm³/mol. The van der Waals surface area contributed by atoms with E-state index in [9.17, 15) is 4.79 Å². The number of thiazole rings is 1. The summed E-state index contributed by atoms with van der Waals surface area (Å²) >= 11 is 1.45. The number of ether oxygens (including phenoxy) is 1. The summed E-state index contributed by atoms with van der Waals surface area (Å²) in [6.45, 7) is 6.00. The molecule has 17 heavy (non-hydrogen) atoms. The standard InChI is InChI=1S/C11H17N3O2S/c1-7-10(17-8(2)13-7)11(15)14-3-4-16-9(5-12)6-14/h9H,3-6,12H2,1-2H3. The molecule has 1 atom stereocenters. The fraction of sp³-hybridized carbons (Fsp3) is 0.636. The van der Waals surface area contributed by atoms with Gasteiger partial charge in [-0.1, -0.05) is 0 Å². The van der Waals surface area contributed by atoms with Crippen LogP contribution in [0.25, 0.3) is 0 Å². The molecular formula is C11H17N3O2S. The van der Waals surface area contributed by atoms with Gasteiger partial charge in [-0.15, -0.1) is 11.3 Å². The summed E-state index contributed by atoms with van der Waals surface area (Å²) in [4.78, 5) is 19.1. The van der Waals surface area contributed by atoms with Crippen molar-refractivity contribution in [3.63, 3.8) is 0 Å². The number of nitrogens with zero attached hydrogens (tertiary/aromatic N) is 2. The monoisotopic (exact) mass is 255 g/mol. The quantitative estimate of drug-likeness (QED) is 0.838. The third-order valence-electron chi connectivity index (χ3n) is 2.79. The molecule has 1 aromatic rings. The van der Waals surface area contributed by atoms with Crippen molar-refractivity contribution in [1.29, 1.82) is 0 Å². The number of amides is 1. The summed E-state index contributed by atoms with van der Waals surface area (Å²) in [5.41, 5.74) is 6.38. The Morgan fingerprint density at radius 3 is 3.00 bits per heavy atom. The van der Waals surface area contributed by atoms with E-state index in [-0.39, 0.29) is 12.0 Å². The summed E-state index contributed by atoms with van der Waals surface area (Å²) in [7, 11) is 0. The predicted octanol–water partition coefficient (Wildman–Crippen LogP) is 0.560. The Morgan fingerprint density at radius 2 is 2.41 bits per heavy atom. The summed E-state index contributed by atoms with van der Waals surface area (Å²) in [5.74, 6) is 0.0508. The molecule has 6 heteroatoms. The highest BCUT2D eigenvalue weighted by Crippen LogP contribution is 2.20. The highest BCUT2D eigenvalue weighted by molar-refractivity contribution is 7.13. The molecule has 1 saturated heterocycles. The van der Waals surface area contributed by atoms with E-state index in [1.54, 1.807) is 4.90 Å². The minimum Gasteiger partial charge on any atom is -0.373 e. The molecule has 1 aliphatic heterocycles. The van der Waals surface area contributed by atoms with Gasteiger partial charge in [-0.05, 0) is 13.8 Å². The van der Waals surface area contributed by atoms with Crippen LogP contribution in [0.15, 0.2) is 0 Å². The minimum atomic E-state index is -0.0398. The molecule has 2 N–H and O–H groups in total. The van der Waals surface area contributed by atoms with Gasteiger partial charge in [-0.2, -0.15) is 0 Å². The second kappa shape index (κ2) is 5.12. The van der Waals surface area contributed by atoms with Crippen LogP contribution < -0.4 is 5.73 Å². The topological polar surface area (TPSA) is 68.5 Å². The fourth-order valence-corrected chi connectivity index (χ4v) is 2.81. The van der Waals surface area contributed by atoms with Crippen molar-refractivity contribution in [3.8, 4) is 0 Å². The lowest BCUT2D eigenvalue weighted by Gasteiger charge is -2.32. The van der Waals surface area contributed by atoms with Gasteiger partial charge in [0.25, 0.3) is 5.91 Å². The molecule has 0 aromatic carbocycles. The summed E-state index contributed by atoms with van der Waals surface area (Å²) < 4.78 is 5.45. The molecule has 2 heterocycles. The number of hydrogen-bond acceptors (Lipinski definition) is 5. The van der Waals surface area contributed by atoms with Crippen LogP contribution in [0.3, 0.4) is 0 Å². The Kier molecular flexibility index (Phi) is 3.76. The number of nitrogens with two attached hydrogens (primary N) is 1. The van der Waals surface area contributed by atoms with Crippen LogP contribution in [0.5, 0.6) is 0 Å². The molecule has 94 valence electrons. The van der Waals surface area contributed by atoms with E-state index in [4.69, 9.17) is 10.5 Å². The zero-order valence-electron chi connectivity index (χ0n) is 10.1. The second-order valence-electron chi connectivity index (χ2n) is 4.13. The number of carbonyl (C=O) groups excluding carboxylic acids is 1. The van der Waals surface area contributed by atoms with Crippen LogP contribution in [0, 0.1) is 13.8 Å². The van der Waals surface area contributed by atoms with Gasteiger partial charge in [-0.3, -0.25) is 4.79 Å². The van der Waals surface area contributed by atoms with Gasteiger partial charge in [0, 0.05) is 19.6 Å². The first-order valence-electron chi connectivity index (χ1n) is 5.66. The average molecular weight is 255 g/mol. The Labute approximate surface area is 105 Å². The van der Waals surface area contributed by atoms with Crippen LogP contribution >= 0.6 is 11.3 Å². The molecule has 0 saturated carbocycles. The van der Waals surface area contributed by atoms with Gasteiger partial charge in [0.15, 0.2) is 0 Å². The molecule has 0 spiro atoms. The molecule has 0 aliphatic carbocycles. The highest BCUT2D eigenvalue weighted by atomic mass is 32.1. The van der Waals surface area contributed by atoms with E-state index in [1.165, 1.54) is 11.3 Å². The van der Waals surface area contributed by atoms with Crippen molar-refractivity contribution >= 4 is 17.2 Å². The van der Waals surface area contributed by atoms with E-state index >= 15 is 0 Å². The normalized spacial score (nSPS) is 20.6. The first kappa shape index (κ1) is 12.5. The summed E-state index contributed by atoms with van der Waals surface area (Å²) in [6.07, 6.45) is -0.0398. The third-order valence-corrected chi connectivity index (χ3v) is 3.85. The van der Waals surface area contributed by atoms with Crippen molar-refractivity contribution in [3.05, 3.63) is 15.6 Å². The number of aromatic nitrogens is 1. The molecule has 1 aromatic heterocycles. The number of morpholine rings is 1. The van der Waals surface area contributed by atoms with E-state index < -0.39 is 0 Å². The fourth-order valence-electron chi connectivity index (χ4n) is 1.92. The van der Waals surface area contributed by atoms with Crippen LogP contribution in [0.2, 0.25) is 0 Å². The highest BCUT2D eigenvalue weighted by Gasteiger charge is 2.26. The van der Waals surface area contributed by atoms with Crippen molar-refractivity contribution in [2.75, 3.05) is 26.2 Å². The number of carbonyl (C=O) groups is 1. The Bertz CT molecular complexity index is 419.